The molecule has 0 aliphatic carbocycles. The van der Waals surface area contributed by atoms with Gasteiger partial charge in [0.25, 0.3) is 5.91 Å². The number of carbonyl (C=O) groups is 3. The zero-order valence-electron chi connectivity index (χ0n) is 23.7. The first-order chi connectivity index (χ1) is 20.8. The second-order valence-corrected chi connectivity index (χ2v) is 9.82. The molecule has 0 fully saturated rings. The van der Waals surface area contributed by atoms with Crippen LogP contribution in [0.5, 0.6) is 17.2 Å². The van der Waals surface area contributed by atoms with Gasteiger partial charge in [-0.1, -0.05) is 49.4 Å². The average Bonchev–Trinajstić information content (AvgIpc) is 3.02. The van der Waals surface area contributed by atoms with Gasteiger partial charge in [0.2, 0.25) is 0 Å². The number of anilines is 1. The number of benzene rings is 4. The van der Waals surface area contributed by atoms with E-state index in [9.17, 15) is 24.6 Å². The highest BCUT2D eigenvalue weighted by Gasteiger charge is 2.20. The summed E-state index contributed by atoms with van der Waals surface area (Å²) in [5.74, 6) is -1.44. The van der Waals surface area contributed by atoms with Gasteiger partial charge >= 0.3 is 11.9 Å². The number of nitrogens with one attached hydrogen (secondary N) is 1. The lowest BCUT2D eigenvalue weighted by atomic mass is 10.0. The maximum atomic E-state index is 13.2. The zero-order valence-corrected chi connectivity index (χ0v) is 23.7. The van der Waals surface area contributed by atoms with Crippen molar-refractivity contribution in [3.05, 3.63) is 119 Å². The Morgan fingerprint density at radius 2 is 1.37 bits per heavy atom. The summed E-state index contributed by atoms with van der Waals surface area (Å²) in [6.07, 6.45) is 1.70. The van der Waals surface area contributed by atoms with Crippen LogP contribution in [0.15, 0.2) is 97.1 Å². The molecule has 0 saturated heterocycles. The van der Waals surface area contributed by atoms with Crippen LogP contribution in [-0.4, -0.2) is 47.9 Å². The van der Waals surface area contributed by atoms with Crippen LogP contribution in [0.2, 0.25) is 0 Å². The highest BCUT2D eigenvalue weighted by molar-refractivity contribution is 6.10. The number of ether oxygens (including phenoxy) is 3. The van der Waals surface area contributed by atoms with E-state index in [1.165, 1.54) is 30.3 Å². The highest BCUT2D eigenvalue weighted by Crippen LogP contribution is 2.27. The van der Waals surface area contributed by atoms with Gasteiger partial charge < -0.3 is 29.7 Å². The quantitative estimate of drug-likeness (QED) is 0.131. The van der Waals surface area contributed by atoms with Crippen LogP contribution < -0.4 is 19.5 Å². The van der Waals surface area contributed by atoms with Gasteiger partial charge in [0, 0.05) is 5.92 Å². The summed E-state index contributed by atoms with van der Waals surface area (Å²) in [7, 11) is 0. The number of amides is 1. The van der Waals surface area contributed by atoms with E-state index in [4.69, 9.17) is 14.2 Å². The molecule has 0 saturated carbocycles. The number of hydrogen-bond donors (Lipinski definition) is 3. The third-order valence-electron chi connectivity index (χ3n) is 6.61. The normalized spacial score (nSPS) is 11.3. The van der Waals surface area contributed by atoms with Gasteiger partial charge in [-0.2, -0.15) is 0 Å². The van der Waals surface area contributed by atoms with E-state index < -0.39 is 17.8 Å². The van der Waals surface area contributed by atoms with Crippen molar-refractivity contribution in [3.8, 4) is 17.2 Å². The van der Waals surface area contributed by atoms with Crippen molar-refractivity contribution in [1.29, 1.82) is 0 Å². The van der Waals surface area contributed by atoms with Crippen LogP contribution >= 0.6 is 0 Å². The molecule has 4 aromatic carbocycles. The molecule has 0 heterocycles. The summed E-state index contributed by atoms with van der Waals surface area (Å²) in [4.78, 5) is 36.3. The molecule has 1 unspecified atom stereocenters. The van der Waals surface area contributed by atoms with Crippen LogP contribution in [0.3, 0.4) is 0 Å². The molecular formula is C34H33NO8. The number of carboxylic acid groups (broad SMARTS) is 2. The summed E-state index contributed by atoms with van der Waals surface area (Å²) in [6.45, 7) is 3.32. The minimum Gasteiger partial charge on any atom is -0.494 e. The molecule has 0 bridgehead atoms. The molecule has 1 amide bonds. The van der Waals surface area contributed by atoms with Crippen molar-refractivity contribution in [3.63, 3.8) is 0 Å². The minimum absolute atomic E-state index is 0.0272. The molecule has 43 heavy (non-hydrogen) atoms. The fourth-order valence-corrected chi connectivity index (χ4v) is 4.26. The van der Waals surface area contributed by atoms with E-state index in [2.05, 4.69) is 5.32 Å². The molecule has 0 aromatic heterocycles. The Morgan fingerprint density at radius 1 is 0.698 bits per heavy atom. The number of carboxylic acids is 2. The third-order valence-corrected chi connectivity index (χ3v) is 6.61. The highest BCUT2D eigenvalue weighted by atomic mass is 16.5. The first-order valence-corrected chi connectivity index (χ1v) is 13.9. The Hall–Kier alpha value is -5.31. The van der Waals surface area contributed by atoms with Gasteiger partial charge in [-0.25, -0.2) is 9.59 Å². The summed E-state index contributed by atoms with van der Waals surface area (Å²) < 4.78 is 17.6. The Labute approximate surface area is 249 Å². The number of aromatic carboxylic acids is 2. The molecule has 222 valence electrons. The number of para-hydroxylation sites is 2. The molecule has 0 radical (unpaired) electrons. The Kier molecular flexibility index (Phi) is 10.7. The lowest BCUT2D eigenvalue weighted by Crippen LogP contribution is -2.18. The first kappa shape index (κ1) is 30.6. The zero-order chi connectivity index (χ0) is 30.6. The predicted molar refractivity (Wildman–Crippen MR) is 162 cm³/mol. The van der Waals surface area contributed by atoms with E-state index in [0.717, 1.165) is 29.9 Å². The average molecular weight is 584 g/mol. The van der Waals surface area contributed by atoms with E-state index in [-0.39, 0.29) is 40.7 Å². The topological polar surface area (TPSA) is 131 Å². The van der Waals surface area contributed by atoms with Crippen molar-refractivity contribution in [2.24, 2.45) is 0 Å². The molecule has 0 aliphatic heterocycles. The number of unbranched alkanes of at least 4 members (excludes halogenated alkanes) is 1. The van der Waals surface area contributed by atoms with E-state index in [0.29, 0.717) is 13.2 Å². The van der Waals surface area contributed by atoms with Gasteiger partial charge in [0.05, 0.1) is 42.2 Å². The maximum absolute atomic E-state index is 13.2. The number of carbonyl (C=O) groups excluding carboxylic acids is 1. The molecule has 4 rings (SSSR count). The monoisotopic (exact) mass is 583 g/mol. The smallest absolute Gasteiger partial charge is 0.337 e. The molecule has 0 spiro atoms. The number of hydrogen-bond acceptors (Lipinski definition) is 6. The second kappa shape index (κ2) is 15.1. The largest absolute Gasteiger partial charge is 0.494 e. The van der Waals surface area contributed by atoms with Crippen molar-refractivity contribution >= 4 is 23.5 Å². The number of rotatable bonds is 15. The predicted octanol–water partition coefficient (Wildman–Crippen LogP) is 6.76. The van der Waals surface area contributed by atoms with Crippen molar-refractivity contribution in [2.45, 2.75) is 25.7 Å². The fourth-order valence-electron chi connectivity index (χ4n) is 4.26. The summed E-state index contributed by atoms with van der Waals surface area (Å²) >= 11 is 0. The summed E-state index contributed by atoms with van der Waals surface area (Å²) in [6, 6.07) is 27.3. The van der Waals surface area contributed by atoms with Crippen LogP contribution in [0.4, 0.5) is 5.69 Å². The maximum Gasteiger partial charge on any atom is 0.337 e. The molecule has 3 N–H and O–H groups in total. The first-order valence-electron chi connectivity index (χ1n) is 13.9. The van der Waals surface area contributed by atoms with Crippen molar-refractivity contribution < 1.29 is 38.8 Å². The van der Waals surface area contributed by atoms with Gasteiger partial charge in [0.1, 0.15) is 17.2 Å². The molecule has 1 atom stereocenters. The van der Waals surface area contributed by atoms with Crippen LogP contribution in [0.25, 0.3) is 0 Å². The van der Waals surface area contributed by atoms with E-state index in [1.54, 1.807) is 12.1 Å². The standard InChI is InChI=1S/C34H33NO8/c1-23(24-10-9-13-27(20-24)42-19-8-7-18-41-26-11-3-2-4-12-26)22-43-31-17-16-25(33(37)38)21-29(31)32(36)35-30-15-6-5-14-28(30)34(39)40/h2-6,9-17,20-21,23H,7-8,18-19,22H2,1H3,(H,35,36)(H,37,38)(H,39,40). The van der Waals surface area contributed by atoms with Gasteiger partial charge in [0.15, 0.2) is 0 Å². The minimum atomic E-state index is -1.21. The molecule has 9 heteroatoms. The van der Waals surface area contributed by atoms with Crippen LogP contribution in [-0.2, 0) is 0 Å². The fraction of sp³-hybridized carbons (Fsp3) is 0.206. The van der Waals surface area contributed by atoms with Gasteiger partial charge in [-0.3, -0.25) is 4.79 Å². The van der Waals surface area contributed by atoms with Crippen molar-refractivity contribution in [2.75, 3.05) is 25.1 Å². The lowest BCUT2D eigenvalue weighted by Gasteiger charge is -2.17. The second-order valence-electron chi connectivity index (χ2n) is 9.82. The Bertz CT molecular complexity index is 1550. The van der Waals surface area contributed by atoms with Crippen molar-refractivity contribution in [1.82, 2.24) is 0 Å². The van der Waals surface area contributed by atoms with E-state index >= 15 is 0 Å². The summed E-state index contributed by atoms with van der Waals surface area (Å²) in [5.41, 5.74) is 0.826. The lowest BCUT2D eigenvalue weighted by molar-refractivity contribution is 0.0686. The molecule has 9 nitrogen and oxygen atoms in total. The molecule has 0 aliphatic rings. The Morgan fingerprint density at radius 3 is 2.09 bits per heavy atom. The third kappa shape index (κ3) is 8.84. The van der Waals surface area contributed by atoms with Crippen LogP contribution in [0, 0.1) is 0 Å². The van der Waals surface area contributed by atoms with Gasteiger partial charge in [-0.05, 0) is 73.0 Å². The SMILES string of the molecule is CC(COc1ccc(C(=O)O)cc1C(=O)Nc1ccccc1C(=O)O)c1cccc(OCCCCOc2ccccc2)c1. The summed E-state index contributed by atoms with van der Waals surface area (Å²) in [5, 5.41) is 21.5. The van der Waals surface area contributed by atoms with E-state index in [1.807, 2.05) is 61.5 Å². The van der Waals surface area contributed by atoms with Gasteiger partial charge in [-0.15, -0.1) is 0 Å². The molecular weight excluding hydrogens is 550 g/mol. The Balaban J connectivity index is 1.35. The molecule has 4 aromatic rings. The van der Waals surface area contributed by atoms with Crippen LogP contribution in [0.1, 0.15) is 62.3 Å².